The Morgan fingerprint density at radius 3 is 2.41 bits per heavy atom. The van der Waals surface area contributed by atoms with Gasteiger partial charge in [-0.15, -0.1) is 0 Å². The summed E-state index contributed by atoms with van der Waals surface area (Å²) in [5.41, 5.74) is 6.15. The number of benzene rings is 1. The van der Waals surface area contributed by atoms with Gasteiger partial charge in [-0.05, 0) is 12.5 Å². The van der Waals surface area contributed by atoms with Gasteiger partial charge in [0.25, 0.3) is 0 Å². The fourth-order valence-corrected chi connectivity index (χ4v) is 1.51. The molecule has 1 aromatic rings. The van der Waals surface area contributed by atoms with Crippen LogP contribution in [-0.4, -0.2) is 38.1 Å². The maximum Gasteiger partial charge on any atom is 0.0881 e. The molecule has 0 saturated carbocycles. The molecular weight excluding hydrogens is 218 g/mol. The van der Waals surface area contributed by atoms with E-state index >= 15 is 0 Å². The molecule has 0 bridgehead atoms. The van der Waals surface area contributed by atoms with Crippen molar-refractivity contribution >= 4 is 0 Å². The monoisotopic (exact) mass is 239 g/mol. The highest BCUT2D eigenvalue weighted by molar-refractivity contribution is 5.24. The SMILES string of the molecule is CCOCCOCC(N)(CO)c1ccccc1. The van der Waals surface area contributed by atoms with E-state index in [1.165, 1.54) is 0 Å². The van der Waals surface area contributed by atoms with Gasteiger partial charge in [0.1, 0.15) is 0 Å². The lowest BCUT2D eigenvalue weighted by molar-refractivity contribution is 0.0158. The summed E-state index contributed by atoms with van der Waals surface area (Å²) >= 11 is 0. The fourth-order valence-electron chi connectivity index (χ4n) is 1.51. The van der Waals surface area contributed by atoms with E-state index in [0.717, 1.165) is 5.56 Å². The van der Waals surface area contributed by atoms with Crippen molar-refractivity contribution in [2.24, 2.45) is 5.73 Å². The van der Waals surface area contributed by atoms with Crippen LogP contribution in [-0.2, 0) is 15.0 Å². The van der Waals surface area contributed by atoms with E-state index in [0.29, 0.717) is 19.8 Å². The third-order valence-corrected chi connectivity index (χ3v) is 2.57. The molecule has 0 aliphatic carbocycles. The van der Waals surface area contributed by atoms with E-state index < -0.39 is 5.54 Å². The van der Waals surface area contributed by atoms with Gasteiger partial charge in [0.05, 0.1) is 32.0 Å². The van der Waals surface area contributed by atoms with Crippen molar-refractivity contribution in [3.8, 4) is 0 Å². The minimum Gasteiger partial charge on any atom is -0.394 e. The Balaban J connectivity index is 2.46. The lowest BCUT2D eigenvalue weighted by Gasteiger charge is -2.27. The first-order valence-corrected chi connectivity index (χ1v) is 5.83. The molecule has 4 nitrogen and oxygen atoms in total. The molecule has 1 atom stereocenters. The summed E-state index contributed by atoms with van der Waals surface area (Å²) in [6.07, 6.45) is 0. The van der Waals surface area contributed by atoms with Gasteiger partial charge in [-0.1, -0.05) is 30.3 Å². The molecule has 0 aliphatic heterocycles. The van der Waals surface area contributed by atoms with E-state index in [4.69, 9.17) is 15.2 Å². The summed E-state index contributed by atoms with van der Waals surface area (Å²) in [6, 6.07) is 9.49. The first kappa shape index (κ1) is 14.1. The van der Waals surface area contributed by atoms with Crippen LogP contribution in [0.1, 0.15) is 12.5 Å². The molecule has 0 radical (unpaired) electrons. The Morgan fingerprint density at radius 1 is 1.18 bits per heavy atom. The average Bonchev–Trinajstić information content (AvgIpc) is 2.39. The van der Waals surface area contributed by atoms with Gasteiger partial charge >= 0.3 is 0 Å². The second kappa shape index (κ2) is 7.40. The zero-order chi connectivity index (χ0) is 12.6. The molecule has 4 heteroatoms. The Hall–Kier alpha value is -0.940. The zero-order valence-corrected chi connectivity index (χ0v) is 10.3. The smallest absolute Gasteiger partial charge is 0.0881 e. The van der Waals surface area contributed by atoms with Crippen LogP contribution in [0, 0.1) is 0 Å². The van der Waals surface area contributed by atoms with Gasteiger partial charge in [0.15, 0.2) is 0 Å². The third-order valence-electron chi connectivity index (χ3n) is 2.57. The van der Waals surface area contributed by atoms with Gasteiger partial charge in [-0.2, -0.15) is 0 Å². The summed E-state index contributed by atoms with van der Waals surface area (Å²) in [5.74, 6) is 0. The van der Waals surface area contributed by atoms with Crippen LogP contribution < -0.4 is 5.73 Å². The minimum atomic E-state index is -0.840. The van der Waals surface area contributed by atoms with Crippen molar-refractivity contribution in [2.45, 2.75) is 12.5 Å². The molecule has 1 unspecified atom stereocenters. The predicted octanol–water partition coefficient (Wildman–Crippen LogP) is 0.886. The Labute approximate surface area is 102 Å². The zero-order valence-electron chi connectivity index (χ0n) is 10.3. The molecule has 0 saturated heterocycles. The Bertz CT molecular complexity index is 305. The summed E-state index contributed by atoms with van der Waals surface area (Å²) in [4.78, 5) is 0. The number of aliphatic hydroxyl groups excluding tert-OH is 1. The summed E-state index contributed by atoms with van der Waals surface area (Å²) in [5, 5.41) is 9.41. The van der Waals surface area contributed by atoms with Crippen LogP contribution in [0.15, 0.2) is 30.3 Å². The lowest BCUT2D eigenvalue weighted by Crippen LogP contribution is -2.45. The molecule has 0 aliphatic rings. The first-order valence-electron chi connectivity index (χ1n) is 5.83. The van der Waals surface area contributed by atoms with Gasteiger partial charge < -0.3 is 20.3 Å². The summed E-state index contributed by atoms with van der Waals surface area (Å²) < 4.78 is 10.6. The lowest BCUT2D eigenvalue weighted by atomic mass is 9.93. The van der Waals surface area contributed by atoms with Crippen LogP contribution in [0.4, 0.5) is 0 Å². The molecular formula is C13H21NO3. The van der Waals surface area contributed by atoms with Crippen LogP contribution in [0.3, 0.4) is 0 Å². The van der Waals surface area contributed by atoms with E-state index in [1.807, 2.05) is 37.3 Å². The number of hydrogen-bond donors (Lipinski definition) is 2. The predicted molar refractivity (Wildman–Crippen MR) is 66.7 cm³/mol. The van der Waals surface area contributed by atoms with Gasteiger partial charge in [0, 0.05) is 6.61 Å². The van der Waals surface area contributed by atoms with E-state index in [1.54, 1.807) is 0 Å². The molecule has 1 rings (SSSR count). The second-order valence-corrected chi connectivity index (χ2v) is 3.93. The number of aliphatic hydroxyl groups is 1. The van der Waals surface area contributed by atoms with Gasteiger partial charge in [-0.25, -0.2) is 0 Å². The number of ether oxygens (including phenoxy) is 2. The molecule has 0 aromatic heterocycles. The molecule has 1 aromatic carbocycles. The summed E-state index contributed by atoms with van der Waals surface area (Å²) in [6.45, 7) is 3.78. The second-order valence-electron chi connectivity index (χ2n) is 3.93. The van der Waals surface area contributed by atoms with Crippen LogP contribution in [0.5, 0.6) is 0 Å². The van der Waals surface area contributed by atoms with Gasteiger partial charge in [-0.3, -0.25) is 0 Å². The van der Waals surface area contributed by atoms with Crippen LogP contribution in [0.2, 0.25) is 0 Å². The largest absolute Gasteiger partial charge is 0.394 e. The maximum absolute atomic E-state index is 9.41. The van der Waals surface area contributed by atoms with Crippen molar-refractivity contribution < 1.29 is 14.6 Å². The maximum atomic E-state index is 9.41. The molecule has 0 spiro atoms. The standard InChI is InChI=1S/C13H21NO3/c1-2-16-8-9-17-11-13(14,10-15)12-6-4-3-5-7-12/h3-7,15H,2,8-11,14H2,1H3. The molecule has 96 valence electrons. The number of nitrogens with two attached hydrogens (primary N) is 1. The molecule has 0 amide bonds. The Kier molecular flexibility index (Phi) is 6.15. The highest BCUT2D eigenvalue weighted by Crippen LogP contribution is 2.17. The molecule has 17 heavy (non-hydrogen) atoms. The fraction of sp³-hybridized carbons (Fsp3) is 0.538. The first-order chi connectivity index (χ1) is 8.23. The van der Waals surface area contributed by atoms with E-state index in [2.05, 4.69) is 0 Å². The quantitative estimate of drug-likeness (QED) is 0.661. The van der Waals surface area contributed by atoms with E-state index in [9.17, 15) is 5.11 Å². The van der Waals surface area contributed by atoms with E-state index in [-0.39, 0.29) is 13.2 Å². The van der Waals surface area contributed by atoms with Gasteiger partial charge in [0.2, 0.25) is 0 Å². The molecule has 0 heterocycles. The molecule has 0 fully saturated rings. The average molecular weight is 239 g/mol. The molecule has 3 N–H and O–H groups in total. The third kappa shape index (κ3) is 4.44. The Morgan fingerprint density at radius 2 is 1.82 bits per heavy atom. The van der Waals surface area contributed by atoms with Crippen molar-refractivity contribution in [1.29, 1.82) is 0 Å². The van der Waals surface area contributed by atoms with Crippen molar-refractivity contribution in [3.05, 3.63) is 35.9 Å². The topological polar surface area (TPSA) is 64.7 Å². The van der Waals surface area contributed by atoms with Crippen molar-refractivity contribution in [2.75, 3.05) is 33.0 Å². The highest BCUT2D eigenvalue weighted by Gasteiger charge is 2.26. The minimum absolute atomic E-state index is 0.147. The van der Waals surface area contributed by atoms with Crippen molar-refractivity contribution in [1.82, 2.24) is 0 Å². The summed E-state index contributed by atoms with van der Waals surface area (Å²) in [7, 11) is 0. The number of rotatable bonds is 8. The van der Waals surface area contributed by atoms with Crippen molar-refractivity contribution in [3.63, 3.8) is 0 Å². The normalized spacial score (nSPS) is 14.5. The number of hydrogen-bond acceptors (Lipinski definition) is 4. The van der Waals surface area contributed by atoms with Crippen LogP contribution in [0.25, 0.3) is 0 Å². The van der Waals surface area contributed by atoms with Crippen LogP contribution >= 0.6 is 0 Å². The highest BCUT2D eigenvalue weighted by atomic mass is 16.5.